The van der Waals surface area contributed by atoms with Crippen molar-refractivity contribution in [1.29, 1.82) is 0 Å². The summed E-state index contributed by atoms with van der Waals surface area (Å²) in [7, 11) is 0. The first-order chi connectivity index (χ1) is 8.44. The number of rotatable bonds is 2. The number of piperidine rings is 1. The summed E-state index contributed by atoms with van der Waals surface area (Å²) >= 11 is 0. The normalized spacial score (nSPS) is 28.4. The maximum absolute atomic E-state index is 12.3. The molecule has 2 heterocycles. The Morgan fingerprint density at radius 1 is 1.61 bits per heavy atom. The van der Waals surface area contributed by atoms with Gasteiger partial charge in [-0.15, -0.1) is 0 Å². The molecule has 2 N–H and O–H groups in total. The molecule has 0 aliphatic carbocycles. The van der Waals surface area contributed by atoms with Crippen molar-refractivity contribution in [3.8, 4) is 0 Å². The lowest BCUT2D eigenvalue weighted by atomic mass is 9.84. The van der Waals surface area contributed by atoms with Crippen molar-refractivity contribution in [2.75, 3.05) is 13.1 Å². The highest BCUT2D eigenvalue weighted by molar-refractivity contribution is 5.92. The van der Waals surface area contributed by atoms with Crippen LogP contribution in [0.2, 0.25) is 0 Å². The molecule has 2 atom stereocenters. The van der Waals surface area contributed by atoms with Crippen LogP contribution in [0.4, 0.5) is 0 Å². The fraction of sp³-hybridized carbons (Fsp3) is 0.643. The maximum atomic E-state index is 12.3. The Morgan fingerprint density at radius 2 is 2.33 bits per heavy atom. The van der Waals surface area contributed by atoms with Gasteiger partial charge in [0.25, 0.3) is 5.91 Å². The average Bonchev–Trinajstić information content (AvgIpc) is 2.80. The summed E-state index contributed by atoms with van der Waals surface area (Å²) in [6.45, 7) is 7.14. The van der Waals surface area contributed by atoms with Gasteiger partial charge >= 0.3 is 0 Å². The van der Waals surface area contributed by atoms with Crippen LogP contribution in [0, 0.1) is 5.92 Å². The van der Waals surface area contributed by atoms with Gasteiger partial charge in [-0.25, -0.2) is 0 Å². The number of aryl methyl sites for hydroxylation is 1. The molecule has 100 valence electrons. The third kappa shape index (κ3) is 2.43. The average molecular weight is 250 g/mol. The number of nitrogens with one attached hydrogen (secondary N) is 1. The molecule has 0 radical (unpaired) electrons. The Labute approximate surface area is 108 Å². The third-order valence-electron chi connectivity index (χ3n) is 4.09. The number of hydrogen-bond donors (Lipinski definition) is 2. The van der Waals surface area contributed by atoms with Crippen LogP contribution in [0.15, 0.2) is 12.1 Å². The van der Waals surface area contributed by atoms with Gasteiger partial charge in [-0.2, -0.15) is 0 Å². The van der Waals surface area contributed by atoms with Crippen LogP contribution in [0.3, 0.4) is 0 Å². The Hall–Kier alpha value is -1.29. The van der Waals surface area contributed by atoms with Crippen LogP contribution in [0.1, 0.15) is 43.4 Å². The van der Waals surface area contributed by atoms with E-state index in [1.54, 1.807) is 0 Å². The van der Waals surface area contributed by atoms with Crippen LogP contribution >= 0.6 is 0 Å². The molecule has 4 nitrogen and oxygen atoms in total. The van der Waals surface area contributed by atoms with Crippen molar-refractivity contribution in [3.63, 3.8) is 0 Å². The SMILES string of the molecule is CCc1ccc(C(=O)N2CC[C@](C)(O)[C@H](C)C2)[nH]1. The van der Waals surface area contributed by atoms with Crippen molar-refractivity contribution in [2.45, 2.75) is 39.2 Å². The quantitative estimate of drug-likeness (QED) is 0.841. The van der Waals surface area contributed by atoms with Gasteiger partial charge in [-0.3, -0.25) is 4.79 Å². The lowest BCUT2D eigenvalue weighted by Crippen LogP contribution is -2.50. The van der Waals surface area contributed by atoms with E-state index in [-0.39, 0.29) is 11.8 Å². The number of likely N-dealkylation sites (tertiary alicyclic amines) is 1. The number of nitrogens with zero attached hydrogens (tertiary/aromatic N) is 1. The van der Waals surface area contributed by atoms with Crippen LogP contribution in [-0.2, 0) is 6.42 Å². The van der Waals surface area contributed by atoms with E-state index < -0.39 is 5.60 Å². The lowest BCUT2D eigenvalue weighted by molar-refractivity contribution is -0.0440. The summed E-state index contributed by atoms with van der Waals surface area (Å²) in [6, 6.07) is 3.80. The minimum atomic E-state index is -0.652. The molecule has 0 unspecified atom stereocenters. The molecule has 1 saturated heterocycles. The predicted octanol–water partition coefficient (Wildman–Crippen LogP) is 1.81. The molecule has 4 heteroatoms. The zero-order valence-electron chi connectivity index (χ0n) is 11.4. The minimum absolute atomic E-state index is 0.0389. The predicted molar refractivity (Wildman–Crippen MR) is 70.5 cm³/mol. The Kier molecular flexibility index (Phi) is 3.48. The highest BCUT2D eigenvalue weighted by atomic mass is 16.3. The summed E-state index contributed by atoms with van der Waals surface area (Å²) in [5.74, 6) is 0.146. The van der Waals surface area contributed by atoms with E-state index in [0.717, 1.165) is 12.1 Å². The summed E-state index contributed by atoms with van der Waals surface area (Å²) in [4.78, 5) is 17.3. The molecule has 1 aromatic rings. The Balaban J connectivity index is 2.07. The number of hydrogen-bond acceptors (Lipinski definition) is 2. The van der Waals surface area contributed by atoms with Crippen molar-refractivity contribution in [1.82, 2.24) is 9.88 Å². The van der Waals surface area contributed by atoms with Gasteiger partial charge in [-0.05, 0) is 31.9 Å². The van der Waals surface area contributed by atoms with E-state index in [1.807, 2.05) is 30.9 Å². The number of H-pyrrole nitrogens is 1. The van der Waals surface area contributed by atoms with Gasteiger partial charge in [-0.1, -0.05) is 13.8 Å². The third-order valence-corrected chi connectivity index (χ3v) is 4.09. The Bertz CT molecular complexity index is 437. The van der Waals surface area contributed by atoms with E-state index in [4.69, 9.17) is 0 Å². The van der Waals surface area contributed by atoms with E-state index in [2.05, 4.69) is 11.9 Å². The number of carbonyl (C=O) groups is 1. The smallest absolute Gasteiger partial charge is 0.270 e. The van der Waals surface area contributed by atoms with E-state index in [9.17, 15) is 9.90 Å². The number of aliphatic hydroxyl groups is 1. The fourth-order valence-corrected chi connectivity index (χ4v) is 2.35. The zero-order chi connectivity index (χ0) is 13.3. The molecule has 0 aromatic carbocycles. The van der Waals surface area contributed by atoms with Gasteiger partial charge in [0.1, 0.15) is 5.69 Å². The van der Waals surface area contributed by atoms with Crippen molar-refractivity contribution < 1.29 is 9.90 Å². The Morgan fingerprint density at radius 3 is 2.89 bits per heavy atom. The summed E-state index contributed by atoms with van der Waals surface area (Å²) in [5.41, 5.74) is 1.08. The molecule has 1 aliphatic heterocycles. The maximum Gasteiger partial charge on any atom is 0.270 e. The van der Waals surface area contributed by atoms with Crippen LogP contribution in [0.5, 0.6) is 0 Å². The molecule has 0 bridgehead atoms. The molecular weight excluding hydrogens is 228 g/mol. The fourth-order valence-electron chi connectivity index (χ4n) is 2.35. The first kappa shape index (κ1) is 13.1. The van der Waals surface area contributed by atoms with Gasteiger partial charge in [0, 0.05) is 24.7 Å². The molecule has 1 fully saturated rings. The van der Waals surface area contributed by atoms with Gasteiger partial charge in [0.05, 0.1) is 5.60 Å². The summed E-state index contributed by atoms with van der Waals surface area (Å²) < 4.78 is 0. The monoisotopic (exact) mass is 250 g/mol. The largest absolute Gasteiger partial charge is 0.390 e. The highest BCUT2D eigenvalue weighted by Gasteiger charge is 2.36. The zero-order valence-corrected chi connectivity index (χ0v) is 11.4. The number of carbonyl (C=O) groups excluding carboxylic acids is 1. The van der Waals surface area contributed by atoms with E-state index in [1.165, 1.54) is 0 Å². The molecule has 0 spiro atoms. The topological polar surface area (TPSA) is 56.3 Å². The van der Waals surface area contributed by atoms with Crippen LogP contribution in [-0.4, -0.2) is 39.6 Å². The van der Waals surface area contributed by atoms with Crippen molar-refractivity contribution in [3.05, 3.63) is 23.5 Å². The van der Waals surface area contributed by atoms with E-state index in [0.29, 0.717) is 25.2 Å². The first-order valence-electron chi connectivity index (χ1n) is 6.63. The minimum Gasteiger partial charge on any atom is -0.390 e. The lowest BCUT2D eigenvalue weighted by Gasteiger charge is -2.40. The van der Waals surface area contributed by atoms with Gasteiger partial charge < -0.3 is 15.0 Å². The highest BCUT2D eigenvalue weighted by Crippen LogP contribution is 2.27. The van der Waals surface area contributed by atoms with E-state index >= 15 is 0 Å². The second-order valence-corrected chi connectivity index (χ2v) is 5.51. The molecule has 1 aliphatic rings. The molecular formula is C14H22N2O2. The number of amides is 1. The van der Waals surface area contributed by atoms with Crippen LogP contribution < -0.4 is 0 Å². The molecule has 0 saturated carbocycles. The first-order valence-corrected chi connectivity index (χ1v) is 6.63. The standard InChI is InChI=1S/C14H22N2O2/c1-4-11-5-6-12(15-11)13(17)16-8-7-14(3,18)10(2)9-16/h5-6,10,15,18H,4,7-9H2,1-3H3/t10-,14+/m1/s1. The van der Waals surface area contributed by atoms with Gasteiger partial charge in [0.15, 0.2) is 0 Å². The van der Waals surface area contributed by atoms with Crippen molar-refractivity contribution >= 4 is 5.91 Å². The second-order valence-electron chi connectivity index (χ2n) is 5.51. The van der Waals surface area contributed by atoms with Crippen LogP contribution in [0.25, 0.3) is 0 Å². The number of aromatic amines is 1. The second kappa shape index (κ2) is 4.76. The molecule has 18 heavy (non-hydrogen) atoms. The molecule has 1 amide bonds. The summed E-state index contributed by atoms with van der Waals surface area (Å²) in [5, 5.41) is 10.1. The van der Waals surface area contributed by atoms with Crippen molar-refractivity contribution in [2.24, 2.45) is 5.92 Å². The summed E-state index contributed by atoms with van der Waals surface area (Å²) in [6.07, 6.45) is 1.54. The molecule has 1 aromatic heterocycles. The molecule has 2 rings (SSSR count). The van der Waals surface area contributed by atoms with Gasteiger partial charge in [0.2, 0.25) is 0 Å². The number of aromatic nitrogens is 1.